The zero-order valence-electron chi connectivity index (χ0n) is 16.9. The molecule has 146 valence electrons. The number of aromatic nitrogens is 1. The van der Waals surface area contributed by atoms with Gasteiger partial charge in [-0.1, -0.05) is 13.0 Å². The molecule has 0 aliphatic heterocycles. The Bertz CT molecular complexity index is 839. The fourth-order valence-corrected chi connectivity index (χ4v) is 3.31. The summed E-state index contributed by atoms with van der Waals surface area (Å²) in [6.45, 7) is 5.86. The lowest BCUT2D eigenvalue weighted by Crippen LogP contribution is -2.30. The summed E-state index contributed by atoms with van der Waals surface area (Å²) >= 11 is 0. The summed E-state index contributed by atoms with van der Waals surface area (Å²) in [4.78, 5) is 29.6. The highest BCUT2D eigenvalue weighted by Crippen LogP contribution is 2.28. The Hall–Kier alpha value is -2.76. The normalized spacial score (nSPS) is 10.6. The molecule has 0 aliphatic rings. The number of hydrogen-bond donors (Lipinski definition) is 1. The van der Waals surface area contributed by atoms with E-state index in [-0.39, 0.29) is 11.7 Å². The summed E-state index contributed by atoms with van der Waals surface area (Å²) in [5, 5.41) is 0. The summed E-state index contributed by atoms with van der Waals surface area (Å²) in [6, 6.07) is 5.74. The van der Waals surface area contributed by atoms with Crippen LogP contribution in [0.25, 0.3) is 0 Å². The highest BCUT2D eigenvalue weighted by atomic mass is 16.5. The lowest BCUT2D eigenvalue weighted by Gasteiger charge is -2.18. The molecule has 1 heterocycles. The van der Waals surface area contributed by atoms with Gasteiger partial charge in [-0.25, -0.2) is 0 Å². The third kappa shape index (κ3) is 4.32. The van der Waals surface area contributed by atoms with E-state index in [2.05, 4.69) is 4.98 Å². The molecule has 1 amide bonds. The van der Waals surface area contributed by atoms with Crippen LogP contribution in [-0.4, -0.2) is 49.4 Å². The number of benzene rings is 1. The molecule has 0 fully saturated rings. The number of amides is 1. The van der Waals surface area contributed by atoms with Gasteiger partial charge in [0.15, 0.2) is 17.3 Å². The van der Waals surface area contributed by atoms with Crippen molar-refractivity contribution in [1.29, 1.82) is 0 Å². The van der Waals surface area contributed by atoms with Crippen molar-refractivity contribution in [3.8, 4) is 11.5 Å². The third-order valence-corrected chi connectivity index (χ3v) is 4.74. The number of hydrogen-bond acceptors (Lipinski definition) is 4. The summed E-state index contributed by atoms with van der Waals surface area (Å²) in [6.07, 6.45) is 1.31. The van der Waals surface area contributed by atoms with Crippen molar-refractivity contribution in [3.63, 3.8) is 0 Å². The fourth-order valence-electron chi connectivity index (χ4n) is 3.31. The lowest BCUT2D eigenvalue weighted by atomic mass is 10.0. The van der Waals surface area contributed by atoms with E-state index >= 15 is 0 Å². The van der Waals surface area contributed by atoms with Gasteiger partial charge in [0.05, 0.1) is 14.2 Å². The topological polar surface area (TPSA) is 71.6 Å². The van der Waals surface area contributed by atoms with Crippen LogP contribution in [0.3, 0.4) is 0 Å². The maximum absolute atomic E-state index is 12.9. The van der Waals surface area contributed by atoms with E-state index in [1.807, 2.05) is 32.0 Å². The van der Waals surface area contributed by atoms with Gasteiger partial charge in [-0.05, 0) is 49.9 Å². The number of ether oxygens (including phenoxy) is 2. The van der Waals surface area contributed by atoms with Crippen LogP contribution in [0.1, 0.15) is 51.5 Å². The fraction of sp³-hybridized carbons (Fsp3) is 0.429. The minimum Gasteiger partial charge on any atom is -0.493 e. The van der Waals surface area contributed by atoms with Gasteiger partial charge in [0.25, 0.3) is 5.91 Å². The summed E-state index contributed by atoms with van der Waals surface area (Å²) in [7, 11) is 4.97. The van der Waals surface area contributed by atoms with Gasteiger partial charge in [0.1, 0.15) is 5.69 Å². The van der Waals surface area contributed by atoms with E-state index in [4.69, 9.17) is 9.47 Å². The standard InChI is InChI=1S/C21H28N2O4/c1-7-16-19(14(3)24)13(2)22-20(16)21(25)23(4)11-10-15-8-9-17(26-5)18(12-15)27-6/h8-9,12,22H,7,10-11H2,1-6H3. The van der Waals surface area contributed by atoms with E-state index in [0.717, 1.165) is 16.8 Å². The van der Waals surface area contributed by atoms with E-state index in [9.17, 15) is 9.59 Å². The molecule has 6 nitrogen and oxygen atoms in total. The summed E-state index contributed by atoms with van der Waals surface area (Å²) < 4.78 is 10.6. The van der Waals surface area contributed by atoms with Crippen molar-refractivity contribution in [2.24, 2.45) is 0 Å². The largest absolute Gasteiger partial charge is 0.493 e. The molecule has 0 aliphatic carbocycles. The maximum atomic E-state index is 12.9. The summed E-state index contributed by atoms with van der Waals surface area (Å²) in [5.41, 5.74) is 3.73. The van der Waals surface area contributed by atoms with Crippen LogP contribution in [0.4, 0.5) is 0 Å². The van der Waals surface area contributed by atoms with Crippen molar-refractivity contribution >= 4 is 11.7 Å². The number of H-pyrrole nitrogens is 1. The van der Waals surface area contributed by atoms with Crippen LogP contribution < -0.4 is 9.47 Å². The molecular weight excluding hydrogens is 344 g/mol. The molecule has 2 rings (SSSR count). The first-order valence-corrected chi connectivity index (χ1v) is 9.02. The minimum atomic E-state index is -0.108. The molecule has 27 heavy (non-hydrogen) atoms. The number of methoxy groups -OCH3 is 2. The second-order valence-corrected chi connectivity index (χ2v) is 6.55. The van der Waals surface area contributed by atoms with Crippen LogP contribution in [0.2, 0.25) is 0 Å². The van der Waals surface area contributed by atoms with E-state index in [0.29, 0.717) is 42.1 Å². The number of nitrogens with one attached hydrogen (secondary N) is 1. The molecule has 1 aromatic heterocycles. The molecule has 0 radical (unpaired) electrons. The monoisotopic (exact) mass is 372 g/mol. The number of likely N-dealkylation sites (N-methyl/N-ethyl adjacent to an activating group) is 1. The number of carbonyl (C=O) groups is 2. The number of aromatic amines is 1. The van der Waals surface area contributed by atoms with E-state index in [1.54, 1.807) is 26.2 Å². The van der Waals surface area contributed by atoms with Gasteiger partial charge in [-0.3, -0.25) is 9.59 Å². The average molecular weight is 372 g/mol. The van der Waals surface area contributed by atoms with Gasteiger partial charge in [-0.15, -0.1) is 0 Å². The van der Waals surface area contributed by atoms with Gasteiger partial charge < -0.3 is 19.4 Å². The van der Waals surface area contributed by atoms with Gasteiger partial charge >= 0.3 is 0 Å². The van der Waals surface area contributed by atoms with Crippen LogP contribution in [0, 0.1) is 6.92 Å². The number of carbonyl (C=O) groups excluding carboxylic acids is 2. The smallest absolute Gasteiger partial charge is 0.270 e. The zero-order chi connectivity index (χ0) is 20.1. The Morgan fingerprint density at radius 1 is 1.15 bits per heavy atom. The Labute approximate surface area is 160 Å². The minimum absolute atomic E-state index is 0.0207. The number of nitrogens with zero attached hydrogens (tertiary/aromatic N) is 1. The van der Waals surface area contributed by atoms with Gasteiger partial charge in [0, 0.05) is 24.8 Å². The van der Waals surface area contributed by atoms with Crippen LogP contribution in [-0.2, 0) is 12.8 Å². The van der Waals surface area contributed by atoms with Crippen molar-refractivity contribution in [1.82, 2.24) is 9.88 Å². The highest BCUT2D eigenvalue weighted by Gasteiger charge is 2.23. The van der Waals surface area contributed by atoms with Crippen molar-refractivity contribution in [2.75, 3.05) is 27.8 Å². The molecule has 6 heteroatoms. The molecule has 1 aromatic carbocycles. The Morgan fingerprint density at radius 3 is 2.37 bits per heavy atom. The predicted molar refractivity (Wildman–Crippen MR) is 105 cm³/mol. The van der Waals surface area contributed by atoms with Gasteiger partial charge in [-0.2, -0.15) is 0 Å². The first-order chi connectivity index (χ1) is 12.8. The molecule has 0 saturated heterocycles. The SMILES string of the molecule is CCc1c(C(=O)N(C)CCc2ccc(OC)c(OC)c2)[nH]c(C)c1C(C)=O. The van der Waals surface area contributed by atoms with Crippen molar-refractivity contribution in [3.05, 3.63) is 46.3 Å². The Kier molecular flexibility index (Phi) is 6.66. The van der Waals surface area contributed by atoms with Crippen molar-refractivity contribution < 1.29 is 19.1 Å². The van der Waals surface area contributed by atoms with Crippen molar-refractivity contribution in [2.45, 2.75) is 33.6 Å². The average Bonchev–Trinajstić information content (AvgIpc) is 3.01. The van der Waals surface area contributed by atoms with Crippen LogP contribution >= 0.6 is 0 Å². The van der Waals surface area contributed by atoms with Crippen LogP contribution in [0.5, 0.6) is 11.5 Å². The zero-order valence-corrected chi connectivity index (χ0v) is 16.9. The predicted octanol–water partition coefficient (Wildman–Crippen LogP) is 3.42. The second-order valence-electron chi connectivity index (χ2n) is 6.55. The number of Topliss-reactive ketones (excluding diaryl/α,β-unsaturated/α-hetero) is 1. The molecule has 0 saturated carbocycles. The van der Waals surface area contributed by atoms with Gasteiger partial charge in [0.2, 0.25) is 0 Å². The molecule has 1 N–H and O–H groups in total. The first kappa shape index (κ1) is 20.6. The quantitative estimate of drug-likeness (QED) is 0.721. The summed E-state index contributed by atoms with van der Waals surface area (Å²) in [5.74, 6) is 1.22. The molecule has 0 spiro atoms. The number of ketones is 1. The molecular formula is C21H28N2O4. The second kappa shape index (κ2) is 8.75. The lowest BCUT2D eigenvalue weighted by molar-refractivity contribution is 0.0790. The van der Waals surface area contributed by atoms with Crippen LogP contribution in [0.15, 0.2) is 18.2 Å². The maximum Gasteiger partial charge on any atom is 0.270 e. The number of rotatable bonds is 8. The molecule has 0 bridgehead atoms. The first-order valence-electron chi connectivity index (χ1n) is 9.02. The molecule has 0 atom stereocenters. The van der Waals surface area contributed by atoms with E-state index in [1.165, 1.54) is 6.92 Å². The molecule has 2 aromatic rings. The van der Waals surface area contributed by atoms with E-state index < -0.39 is 0 Å². The Morgan fingerprint density at radius 2 is 1.81 bits per heavy atom. The Balaban J connectivity index is 2.15. The highest BCUT2D eigenvalue weighted by molar-refractivity contribution is 6.02. The number of aryl methyl sites for hydroxylation is 1. The third-order valence-electron chi connectivity index (χ3n) is 4.74. The molecule has 0 unspecified atom stereocenters.